The number of amides is 3. The lowest BCUT2D eigenvalue weighted by Crippen LogP contribution is -2.50. The molecule has 2 aromatic carbocycles. The van der Waals surface area contributed by atoms with Gasteiger partial charge in [0, 0.05) is 36.4 Å². The molecule has 3 N–H and O–H groups in total. The quantitative estimate of drug-likeness (QED) is 0.454. The van der Waals surface area contributed by atoms with Crippen LogP contribution in [-0.2, 0) is 14.4 Å². The molecule has 2 fully saturated rings. The largest absolute Gasteiger partial charge is 0.389 e. The van der Waals surface area contributed by atoms with E-state index in [-0.39, 0.29) is 12.5 Å². The maximum atomic E-state index is 13.8. The minimum atomic E-state index is -4.50. The summed E-state index contributed by atoms with van der Waals surface area (Å²) in [6, 6.07) is 15.1. The lowest BCUT2D eigenvalue weighted by molar-refractivity contribution is -0.150. The first-order valence-corrected chi connectivity index (χ1v) is 13.3. The fourth-order valence-corrected chi connectivity index (χ4v) is 5.13. The molecule has 2 aliphatic carbocycles. The Balaban J connectivity index is 1.57. The van der Waals surface area contributed by atoms with Crippen molar-refractivity contribution in [1.82, 2.24) is 4.90 Å². The van der Waals surface area contributed by atoms with Crippen molar-refractivity contribution >= 4 is 29.1 Å². The molecule has 206 valence electrons. The number of nitrogens with one attached hydrogen (secondary N) is 1. The molecule has 39 heavy (non-hydrogen) atoms. The molecule has 0 aromatic heterocycles. The van der Waals surface area contributed by atoms with Crippen LogP contribution in [0.1, 0.15) is 67.6 Å². The van der Waals surface area contributed by atoms with Crippen molar-refractivity contribution < 1.29 is 27.6 Å². The van der Waals surface area contributed by atoms with Crippen LogP contribution in [0.15, 0.2) is 53.5 Å². The number of rotatable bonds is 10. The number of fused-ring (bicyclic) bond motifs is 1. The van der Waals surface area contributed by atoms with Crippen LogP contribution < -0.4 is 11.1 Å². The second-order valence-corrected chi connectivity index (χ2v) is 10.7. The van der Waals surface area contributed by atoms with Crippen LogP contribution >= 0.6 is 0 Å². The fourth-order valence-electron chi connectivity index (χ4n) is 5.13. The number of alkyl halides is 3. The average molecular weight is 541 g/mol. The maximum Gasteiger partial charge on any atom is 0.389 e. The van der Waals surface area contributed by atoms with Crippen molar-refractivity contribution in [1.29, 1.82) is 0 Å². The molecular formula is C29H31F3N4O3. The van der Waals surface area contributed by atoms with Gasteiger partial charge < -0.3 is 16.0 Å². The SMILES string of the molecule is NC(=O)CC(CCC(F)(F)F)C(=O)N(CC1CC1)C1N=C(c2ccccc2)c2cccc(C3CC3)c2NC1=O. The van der Waals surface area contributed by atoms with Gasteiger partial charge in [-0.05, 0) is 49.5 Å². The van der Waals surface area contributed by atoms with Crippen LogP contribution in [0.3, 0.4) is 0 Å². The molecule has 2 saturated carbocycles. The minimum Gasteiger partial charge on any atom is -0.370 e. The Morgan fingerprint density at radius 2 is 1.77 bits per heavy atom. The van der Waals surface area contributed by atoms with Gasteiger partial charge in [0.25, 0.3) is 5.91 Å². The predicted molar refractivity (Wildman–Crippen MR) is 140 cm³/mol. The number of benzene rings is 2. The monoisotopic (exact) mass is 540 g/mol. The Morgan fingerprint density at radius 3 is 2.38 bits per heavy atom. The van der Waals surface area contributed by atoms with Crippen molar-refractivity contribution in [3.8, 4) is 0 Å². The average Bonchev–Trinajstić information content (AvgIpc) is 3.80. The van der Waals surface area contributed by atoms with E-state index in [1.54, 1.807) is 0 Å². The standard InChI is InChI=1S/C29H31F3N4O3/c30-29(31,32)14-13-20(15-23(33)37)28(39)36(16-17-9-10-17)26-27(38)35-25-21(18-11-12-18)7-4-8-22(25)24(34-26)19-5-2-1-3-6-19/h1-8,17-18,20,26H,9-16H2,(H2,33,37)(H,35,38). The van der Waals surface area contributed by atoms with E-state index < -0.39 is 55.2 Å². The highest BCUT2D eigenvalue weighted by atomic mass is 19.4. The van der Waals surface area contributed by atoms with Crippen LogP contribution in [0.2, 0.25) is 0 Å². The number of hydrogen-bond donors (Lipinski definition) is 2. The van der Waals surface area contributed by atoms with Gasteiger partial charge in [-0.1, -0.05) is 48.5 Å². The summed E-state index contributed by atoms with van der Waals surface area (Å²) < 4.78 is 39.2. The minimum absolute atomic E-state index is 0.113. The van der Waals surface area contributed by atoms with Gasteiger partial charge in [0.1, 0.15) is 0 Å². The van der Waals surface area contributed by atoms with E-state index in [0.29, 0.717) is 17.3 Å². The zero-order valence-corrected chi connectivity index (χ0v) is 21.4. The molecule has 1 heterocycles. The Kier molecular flexibility index (Phi) is 7.46. The van der Waals surface area contributed by atoms with E-state index in [0.717, 1.165) is 42.4 Å². The van der Waals surface area contributed by atoms with Crippen molar-refractivity contribution in [3.05, 3.63) is 65.2 Å². The summed E-state index contributed by atoms with van der Waals surface area (Å²) >= 11 is 0. The van der Waals surface area contributed by atoms with Gasteiger partial charge in [-0.2, -0.15) is 13.2 Å². The highest BCUT2D eigenvalue weighted by Crippen LogP contribution is 2.45. The van der Waals surface area contributed by atoms with Gasteiger partial charge in [-0.25, -0.2) is 4.99 Å². The van der Waals surface area contributed by atoms with Crippen LogP contribution in [0, 0.1) is 11.8 Å². The summed E-state index contributed by atoms with van der Waals surface area (Å²) in [5, 5.41) is 3.01. The Bertz CT molecular complexity index is 1290. The van der Waals surface area contributed by atoms with E-state index in [1.807, 2.05) is 48.5 Å². The number of para-hydroxylation sites is 1. The first-order valence-electron chi connectivity index (χ1n) is 13.3. The van der Waals surface area contributed by atoms with Crippen molar-refractivity contribution in [2.24, 2.45) is 22.6 Å². The Hall–Kier alpha value is -3.69. The van der Waals surface area contributed by atoms with Gasteiger partial charge in [-0.15, -0.1) is 0 Å². The number of nitrogens with zero attached hydrogens (tertiary/aromatic N) is 2. The number of anilines is 1. The van der Waals surface area contributed by atoms with Gasteiger partial charge in [0.05, 0.1) is 11.4 Å². The van der Waals surface area contributed by atoms with E-state index in [4.69, 9.17) is 10.7 Å². The number of aliphatic imine (C=N–C) groups is 1. The highest BCUT2D eigenvalue weighted by Gasteiger charge is 2.41. The van der Waals surface area contributed by atoms with Gasteiger partial charge in [0.15, 0.2) is 0 Å². The molecular weight excluding hydrogens is 509 g/mol. The van der Waals surface area contributed by atoms with Gasteiger partial charge >= 0.3 is 6.18 Å². The zero-order chi connectivity index (χ0) is 27.7. The summed E-state index contributed by atoms with van der Waals surface area (Å²) in [6.45, 7) is 0.162. The van der Waals surface area contributed by atoms with Crippen LogP contribution in [-0.4, -0.2) is 47.2 Å². The van der Waals surface area contributed by atoms with E-state index in [9.17, 15) is 27.6 Å². The van der Waals surface area contributed by atoms with Crippen molar-refractivity contribution in [2.75, 3.05) is 11.9 Å². The molecule has 10 heteroatoms. The smallest absolute Gasteiger partial charge is 0.370 e. The van der Waals surface area contributed by atoms with E-state index >= 15 is 0 Å². The molecule has 1 aliphatic heterocycles. The highest BCUT2D eigenvalue weighted by molar-refractivity contribution is 6.20. The molecule has 0 radical (unpaired) electrons. The molecule has 7 nitrogen and oxygen atoms in total. The molecule has 2 aromatic rings. The lowest BCUT2D eigenvalue weighted by atomic mass is 9.96. The number of nitrogens with two attached hydrogens (primary N) is 1. The number of hydrogen-bond acceptors (Lipinski definition) is 4. The second kappa shape index (κ2) is 10.8. The molecule has 0 bridgehead atoms. The molecule has 0 spiro atoms. The number of halogens is 3. The number of carbonyl (C=O) groups excluding carboxylic acids is 3. The molecule has 2 unspecified atom stereocenters. The molecule has 5 rings (SSSR count). The summed E-state index contributed by atoms with van der Waals surface area (Å²) in [5.74, 6) is -2.99. The third kappa shape index (κ3) is 6.49. The lowest BCUT2D eigenvalue weighted by Gasteiger charge is -2.31. The first-order chi connectivity index (χ1) is 18.6. The van der Waals surface area contributed by atoms with Gasteiger partial charge in [0.2, 0.25) is 18.0 Å². The summed E-state index contributed by atoms with van der Waals surface area (Å²) in [4.78, 5) is 45.4. The summed E-state index contributed by atoms with van der Waals surface area (Å²) in [5.41, 5.74) is 8.97. The van der Waals surface area contributed by atoms with Crippen LogP contribution in [0.4, 0.5) is 18.9 Å². The van der Waals surface area contributed by atoms with Gasteiger partial charge in [-0.3, -0.25) is 14.4 Å². The van der Waals surface area contributed by atoms with E-state index in [1.165, 1.54) is 4.90 Å². The molecule has 2 atom stereocenters. The molecule has 3 amide bonds. The van der Waals surface area contributed by atoms with Crippen molar-refractivity contribution in [2.45, 2.75) is 63.2 Å². The second-order valence-electron chi connectivity index (χ2n) is 10.7. The zero-order valence-electron chi connectivity index (χ0n) is 21.4. The van der Waals surface area contributed by atoms with E-state index in [2.05, 4.69) is 5.32 Å². The number of primary amides is 1. The van der Waals surface area contributed by atoms with Crippen LogP contribution in [0.5, 0.6) is 0 Å². The predicted octanol–water partition coefficient (Wildman–Crippen LogP) is 4.75. The topological polar surface area (TPSA) is 105 Å². The summed E-state index contributed by atoms with van der Waals surface area (Å²) in [6.07, 6.45) is -4.49. The van der Waals surface area contributed by atoms with Crippen LogP contribution in [0.25, 0.3) is 0 Å². The third-order valence-corrected chi connectivity index (χ3v) is 7.45. The summed E-state index contributed by atoms with van der Waals surface area (Å²) in [7, 11) is 0. The molecule has 3 aliphatic rings. The Labute approximate surface area is 224 Å². The first kappa shape index (κ1) is 26.9. The Morgan fingerprint density at radius 1 is 1.05 bits per heavy atom. The maximum absolute atomic E-state index is 13.8. The van der Waals surface area contributed by atoms with Crippen molar-refractivity contribution in [3.63, 3.8) is 0 Å². The normalized spacial score (nSPS) is 19.8. The number of benzodiazepines with no additional fused rings is 1. The fraction of sp³-hybridized carbons (Fsp3) is 0.448. The molecule has 0 saturated heterocycles. The third-order valence-electron chi connectivity index (χ3n) is 7.45. The number of carbonyl (C=O) groups is 3.